The van der Waals surface area contributed by atoms with E-state index in [2.05, 4.69) is 57.4 Å². The van der Waals surface area contributed by atoms with Crippen LogP contribution in [0.3, 0.4) is 0 Å². The molecular formula is C20H26INO. The molecule has 0 aliphatic carbocycles. The fourth-order valence-electron chi connectivity index (χ4n) is 2.00. The molecule has 0 saturated carbocycles. The zero-order chi connectivity index (χ0) is 15.8. The van der Waals surface area contributed by atoms with Gasteiger partial charge in [0.05, 0.1) is 20.6 Å². The molecule has 124 valence electrons. The largest absolute Gasteiger partial charge is 1.00 e. The number of ether oxygens (including phenoxy) is 1. The molecule has 0 saturated heterocycles. The molecule has 2 rings (SSSR count). The maximum atomic E-state index is 5.82. The first-order valence-electron chi connectivity index (χ1n) is 7.87. The lowest BCUT2D eigenvalue weighted by molar-refractivity contribution is -0.888. The summed E-state index contributed by atoms with van der Waals surface area (Å²) in [6.07, 6.45) is 4.24. The van der Waals surface area contributed by atoms with Gasteiger partial charge in [-0.2, -0.15) is 0 Å². The summed E-state index contributed by atoms with van der Waals surface area (Å²) in [5.41, 5.74) is 2.39. The van der Waals surface area contributed by atoms with E-state index in [9.17, 15) is 0 Å². The van der Waals surface area contributed by atoms with Crippen molar-refractivity contribution in [2.24, 2.45) is 0 Å². The third kappa shape index (κ3) is 7.18. The highest BCUT2D eigenvalue weighted by Gasteiger charge is 2.11. The highest BCUT2D eigenvalue weighted by Crippen LogP contribution is 2.15. The standard InChI is InChI=1S/C20H26NO.HI/c1-4-21(2,3)16-17-22-20-14-12-19(13-15-20)11-10-18-8-6-5-7-9-18;/h5-15H,4,16-17H2,1-3H3;1H/q+1;/p-1/b11-10+;. The van der Waals surface area contributed by atoms with Gasteiger partial charge in [-0.25, -0.2) is 0 Å². The Balaban J connectivity index is 0.00000264. The monoisotopic (exact) mass is 423 g/mol. The third-order valence-electron chi connectivity index (χ3n) is 3.97. The Bertz CT molecular complexity index is 591. The van der Waals surface area contributed by atoms with Gasteiger partial charge in [0.1, 0.15) is 18.9 Å². The summed E-state index contributed by atoms with van der Waals surface area (Å²) in [5, 5.41) is 0. The van der Waals surface area contributed by atoms with Gasteiger partial charge in [-0.3, -0.25) is 0 Å². The summed E-state index contributed by atoms with van der Waals surface area (Å²) in [4.78, 5) is 0. The topological polar surface area (TPSA) is 9.23 Å². The van der Waals surface area contributed by atoms with Gasteiger partial charge >= 0.3 is 0 Å². The lowest BCUT2D eigenvalue weighted by Gasteiger charge is -2.27. The van der Waals surface area contributed by atoms with Crippen molar-refractivity contribution in [2.75, 3.05) is 33.8 Å². The second kappa shape index (κ2) is 9.73. The molecule has 0 unspecified atom stereocenters. The quantitative estimate of drug-likeness (QED) is 0.371. The summed E-state index contributed by atoms with van der Waals surface area (Å²) < 4.78 is 6.81. The molecule has 2 nitrogen and oxygen atoms in total. The number of hydrogen-bond donors (Lipinski definition) is 0. The smallest absolute Gasteiger partial charge is 0.137 e. The molecule has 3 heteroatoms. The lowest BCUT2D eigenvalue weighted by atomic mass is 10.1. The highest BCUT2D eigenvalue weighted by atomic mass is 127. The molecule has 0 aliphatic heterocycles. The van der Waals surface area contributed by atoms with Crippen LogP contribution in [0.25, 0.3) is 12.2 Å². The molecule has 0 N–H and O–H groups in total. The van der Waals surface area contributed by atoms with Gasteiger partial charge < -0.3 is 33.2 Å². The molecule has 0 radical (unpaired) electrons. The van der Waals surface area contributed by atoms with Crippen molar-refractivity contribution in [2.45, 2.75) is 6.92 Å². The van der Waals surface area contributed by atoms with E-state index in [1.807, 2.05) is 30.3 Å². The van der Waals surface area contributed by atoms with Crippen molar-refractivity contribution in [3.05, 3.63) is 65.7 Å². The Hall–Kier alpha value is -1.33. The van der Waals surface area contributed by atoms with Crippen molar-refractivity contribution >= 4 is 12.2 Å². The average molecular weight is 423 g/mol. The maximum Gasteiger partial charge on any atom is 0.137 e. The molecule has 0 fully saturated rings. The van der Waals surface area contributed by atoms with Crippen LogP contribution in [0.5, 0.6) is 5.75 Å². The van der Waals surface area contributed by atoms with Crippen molar-refractivity contribution in [1.29, 1.82) is 0 Å². The maximum absolute atomic E-state index is 5.82. The summed E-state index contributed by atoms with van der Waals surface area (Å²) in [6.45, 7) is 5.09. The fraction of sp³-hybridized carbons (Fsp3) is 0.300. The zero-order valence-corrected chi connectivity index (χ0v) is 16.4. The van der Waals surface area contributed by atoms with Crippen LogP contribution in [0.4, 0.5) is 0 Å². The summed E-state index contributed by atoms with van der Waals surface area (Å²) in [7, 11) is 4.45. The summed E-state index contributed by atoms with van der Waals surface area (Å²) in [5.74, 6) is 0.938. The van der Waals surface area contributed by atoms with E-state index < -0.39 is 0 Å². The normalized spacial score (nSPS) is 11.3. The fourth-order valence-corrected chi connectivity index (χ4v) is 2.00. The number of rotatable bonds is 7. The number of quaternary nitrogens is 1. The van der Waals surface area contributed by atoms with Crippen molar-refractivity contribution in [1.82, 2.24) is 0 Å². The molecule has 0 bridgehead atoms. The Morgan fingerprint density at radius 2 is 1.43 bits per heavy atom. The summed E-state index contributed by atoms with van der Waals surface area (Å²) in [6, 6.07) is 18.6. The van der Waals surface area contributed by atoms with E-state index in [0.29, 0.717) is 0 Å². The molecule has 0 aliphatic rings. The number of halogens is 1. The second-order valence-corrected chi connectivity index (χ2v) is 6.14. The van der Waals surface area contributed by atoms with E-state index in [4.69, 9.17) is 4.74 Å². The molecule has 0 amide bonds. The van der Waals surface area contributed by atoms with Crippen LogP contribution in [-0.2, 0) is 0 Å². The van der Waals surface area contributed by atoms with Crippen LogP contribution in [0.1, 0.15) is 18.1 Å². The van der Waals surface area contributed by atoms with E-state index in [0.717, 1.165) is 29.9 Å². The Morgan fingerprint density at radius 3 is 2.00 bits per heavy atom. The predicted octanol–water partition coefficient (Wildman–Crippen LogP) is 1.34. The van der Waals surface area contributed by atoms with Gasteiger partial charge in [0.2, 0.25) is 0 Å². The minimum absolute atomic E-state index is 0. The minimum atomic E-state index is 0. The van der Waals surface area contributed by atoms with Crippen LogP contribution < -0.4 is 28.7 Å². The molecule has 0 atom stereocenters. The SMILES string of the molecule is CC[N+](C)(C)CCOc1ccc(/C=C/c2ccccc2)cc1.[I-]. The molecule has 0 heterocycles. The average Bonchev–Trinajstić information content (AvgIpc) is 2.55. The molecule has 2 aromatic carbocycles. The van der Waals surface area contributed by atoms with E-state index in [-0.39, 0.29) is 24.0 Å². The van der Waals surface area contributed by atoms with Crippen molar-refractivity contribution in [3.8, 4) is 5.75 Å². The zero-order valence-electron chi connectivity index (χ0n) is 14.2. The van der Waals surface area contributed by atoms with E-state index in [1.54, 1.807) is 0 Å². The Kier molecular flexibility index (Phi) is 8.34. The molecule has 0 spiro atoms. The first-order valence-corrected chi connectivity index (χ1v) is 7.87. The minimum Gasteiger partial charge on any atom is -1.00 e. The molecule has 0 aromatic heterocycles. The first kappa shape index (κ1) is 19.7. The Labute approximate surface area is 157 Å². The molecule has 2 aromatic rings. The number of benzene rings is 2. The van der Waals surface area contributed by atoms with Gasteiger partial charge in [-0.05, 0) is 30.2 Å². The number of likely N-dealkylation sites (N-methyl/N-ethyl adjacent to an activating group) is 1. The van der Waals surface area contributed by atoms with Gasteiger partial charge in [-0.15, -0.1) is 0 Å². The lowest BCUT2D eigenvalue weighted by Crippen LogP contribution is -3.00. The molecule has 23 heavy (non-hydrogen) atoms. The van der Waals surface area contributed by atoms with Crippen molar-refractivity contribution < 1.29 is 33.2 Å². The van der Waals surface area contributed by atoms with Crippen LogP contribution in [0.15, 0.2) is 54.6 Å². The van der Waals surface area contributed by atoms with Crippen molar-refractivity contribution in [3.63, 3.8) is 0 Å². The van der Waals surface area contributed by atoms with Crippen LogP contribution in [0, 0.1) is 0 Å². The van der Waals surface area contributed by atoms with E-state index >= 15 is 0 Å². The van der Waals surface area contributed by atoms with Gasteiger partial charge in [-0.1, -0.05) is 54.6 Å². The molecular weight excluding hydrogens is 397 g/mol. The van der Waals surface area contributed by atoms with Gasteiger partial charge in [0.15, 0.2) is 0 Å². The Morgan fingerprint density at radius 1 is 0.870 bits per heavy atom. The number of hydrogen-bond acceptors (Lipinski definition) is 1. The highest BCUT2D eigenvalue weighted by molar-refractivity contribution is 5.69. The van der Waals surface area contributed by atoms with E-state index in [1.165, 1.54) is 11.1 Å². The van der Waals surface area contributed by atoms with Crippen LogP contribution in [-0.4, -0.2) is 38.3 Å². The van der Waals surface area contributed by atoms with Gasteiger partial charge in [0, 0.05) is 0 Å². The van der Waals surface area contributed by atoms with Crippen LogP contribution >= 0.6 is 0 Å². The van der Waals surface area contributed by atoms with Crippen LogP contribution in [0.2, 0.25) is 0 Å². The number of nitrogens with zero attached hydrogens (tertiary/aromatic N) is 1. The second-order valence-electron chi connectivity index (χ2n) is 6.14. The first-order chi connectivity index (χ1) is 10.6. The van der Waals surface area contributed by atoms with Gasteiger partial charge in [0.25, 0.3) is 0 Å². The predicted molar refractivity (Wildman–Crippen MR) is 94.8 cm³/mol. The summed E-state index contributed by atoms with van der Waals surface area (Å²) >= 11 is 0. The third-order valence-corrected chi connectivity index (χ3v) is 3.97.